The van der Waals surface area contributed by atoms with E-state index in [2.05, 4.69) is 37.7 Å². The molecule has 0 unspecified atom stereocenters. The van der Waals surface area contributed by atoms with E-state index < -0.39 is 11.2 Å². The first-order valence-corrected chi connectivity index (χ1v) is 26.8. The second-order valence-corrected chi connectivity index (χ2v) is 24.0. The largest absolute Gasteiger partial charge is 1.00 e. The molecule has 16 atom stereocenters. The quantitative estimate of drug-likeness (QED) is 0.168. The van der Waals surface area contributed by atoms with Crippen molar-refractivity contribution in [2.75, 3.05) is 14.2 Å². The van der Waals surface area contributed by atoms with E-state index in [0.717, 1.165) is 110 Å². The minimum absolute atomic E-state index is 0. The van der Waals surface area contributed by atoms with Gasteiger partial charge in [-0.15, -0.1) is 0 Å². The van der Waals surface area contributed by atoms with E-state index in [1.54, 1.807) is 26.6 Å². The van der Waals surface area contributed by atoms with E-state index >= 15 is 0 Å². The van der Waals surface area contributed by atoms with Crippen LogP contribution in [0, 0.1) is 95.7 Å². The molecule has 8 aliphatic carbocycles. The fourth-order valence-corrected chi connectivity index (χ4v) is 16.7. The van der Waals surface area contributed by atoms with E-state index in [1.807, 2.05) is 57.2 Å². The Hall–Kier alpha value is -2.08. The maximum absolute atomic E-state index is 13.3. The number of hydroxylamine groups is 2. The fraction of sp³-hybridized carbons (Fsp3) is 0.783. The third-order valence-corrected chi connectivity index (χ3v) is 20.0. The molecule has 8 nitrogen and oxygen atoms in total. The van der Waals surface area contributed by atoms with Crippen molar-refractivity contribution in [2.45, 2.75) is 202 Å². The van der Waals surface area contributed by atoms with Gasteiger partial charge in [0.05, 0.1) is 18.3 Å². The van der Waals surface area contributed by atoms with Crippen LogP contribution >= 0.6 is 0 Å². The van der Waals surface area contributed by atoms with Gasteiger partial charge in [0.25, 0.3) is 0 Å². The Labute approximate surface area is 433 Å². The van der Waals surface area contributed by atoms with Crippen molar-refractivity contribution in [1.29, 1.82) is 0 Å². The van der Waals surface area contributed by atoms with Crippen LogP contribution in [-0.2, 0) is 20.8 Å². The van der Waals surface area contributed by atoms with E-state index in [4.69, 9.17) is 4.84 Å². The minimum Gasteiger partial charge on any atom is -0.390 e. The van der Waals surface area contributed by atoms with E-state index in [9.17, 15) is 19.8 Å². The van der Waals surface area contributed by atoms with Crippen molar-refractivity contribution in [3.05, 3.63) is 67.1 Å². The number of nitrogens with zero attached hydrogens (tertiary/aromatic N) is 3. The number of fused-ring (bicyclic) bond motifs is 10. The van der Waals surface area contributed by atoms with Crippen molar-refractivity contribution in [3.63, 3.8) is 0 Å². The molecule has 0 aliphatic heterocycles. The molecule has 0 radical (unpaired) electrons. The first-order chi connectivity index (χ1) is 31.4. The zero-order chi connectivity index (χ0) is 47.4. The molecule has 10 rings (SSSR count). The van der Waals surface area contributed by atoms with Crippen molar-refractivity contribution in [3.8, 4) is 0 Å². The normalized spacial score (nSPS) is 39.9. The number of carbonyl (C=O) groups excluding carboxylic acids is 2. The second-order valence-electron chi connectivity index (χ2n) is 24.0. The molecule has 69 heavy (non-hydrogen) atoms. The van der Waals surface area contributed by atoms with Crippen LogP contribution in [0.1, 0.15) is 189 Å². The van der Waals surface area contributed by atoms with Crippen molar-refractivity contribution >= 4 is 11.7 Å². The fourth-order valence-electron chi connectivity index (χ4n) is 16.7. The molecule has 8 aliphatic rings. The summed E-state index contributed by atoms with van der Waals surface area (Å²) in [5.74, 6) is 8.74. The molecule has 2 heterocycles. The van der Waals surface area contributed by atoms with Crippen LogP contribution in [0.5, 0.6) is 0 Å². The number of carbonyl (C=O) groups is 2. The maximum atomic E-state index is 13.3. The summed E-state index contributed by atoms with van der Waals surface area (Å²) < 4.78 is 0. The number of aliphatic hydroxyl groups is 2. The van der Waals surface area contributed by atoms with Crippen LogP contribution in [0.3, 0.4) is 0 Å². The number of rotatable bonds is 6. The van der Waals surface area contributed by atoms with E-state index in [0.29, 0.717) is 18.1 Å². The van der Waals surface area contributed by atoms with E-state index in [1.165, 1.54) is 88.5 Å². The summed E-state index contributed by atoms with van der Waals surface area (Å²) in [5, 5.41) is 22.5. The van der Waals surface area contributed by atoms with Gasteiger partial charge in [-0.2, -0.15) is 6.42 Å². The van der Waals surface area contributed by atoms with Crippen LogP contribution in [-0.4, -0.2) is 62.3 Å². The SMILES string of the molecule is C.C.CON(C)C(=O)[C@H]1CC[C@H]2[C@@H]3CC[C@@H]4C[C@](C)(O)CC[C@@H]4[C@H]3CC[C@]12C.C[C@@]1(O)CC[C@H]2[C@H](CC[C@@H]3[C@@H]2CC[C@]2(C)[C@@H](C(=O)Cc4ccccn4)CC[C@@H]32)C1.Cc1ccccn1.[CH2-]CCC.[Li+]. The van der Waals surface area contributed by atoms with Gasteiger partial charge in [0, 0.05) is 49.1 Å². The average molecular weight is 948 g/mol. The standard InChI is InChI=1S/C26H37NO2.C22H37NO3.C6H7N.C4H9.2CH4.Li/c1-25(29)12-10-19-17(16-25)6-7-21-20(19)11-13-26(2)22(21)8-9-23(26)24(28)15-18-5-3-4-14-27-18;1-21(25)11-9-15-14(13-21)5-6-17-16(15)10-12-22(2)18(17)7-8-19(22)20(24)23(3)26-4;1-6-4-2-3-5-7-6;1-3-4-2;;;/h3-5,14,17,19-23,29H,6-13,15-16H2,1-2H3;14-19,25H,5-13H2,1-4H3;2-5H,1H3;1,3-4H2,2H3;2*1H4;/q;;;-1;;;+1/t17-,19+,20-,21-,22+,23-,25-,26+;14-,15+,16-,17-,18+,19-,21-,22+;;;;;/m11...../s1. The third kappa shape index (κ3) is 13.2. The van der Waals surface area contributed by atoms with Gasteiger partial charge in [-0.05, 0) is 231 Å². The number of ketones is 1. The number of hydrogen-bond donors (Lipinski definition) is 2. The second kappa shape index (κ2) is 25.2. The molecule has 2 aromatic rings. The third-order valence-electron chi connectivity index (χ3n) is 20.0. The molecule has 8 saturated carbocycles. The molecule has 0 aromatic carbocycles. The number of pyridine rings is 2. The summed E-state index contributed by atoms with van der Waals surface area (Å²) in [5.41, 5.74) is 1.47. The van der Waals surface area contributed by atoms with Gasteiger partial charge < -0.3 is 17.1 Å². The van der Waals surface area contributed by atoms with Gasteiger partial charge >= 0.3 is 18.9 Å². The molecule has 0 bridgehead atoms. The number of hydrogen-bond acceptors (Lipinski definition) is 7. The van der Waals surface area contributed by atoms with Crippen LogP contribution in [0.4, 0.5) is 0 Å². The Morgan fingerprint density at radius 3 is 1.55 bits per heavy atom. The average Bonchev–Trinajstić information content (AvgIpc) is 3.85. The van der Waals surface area contributed by atoms with Crippen LogP contribution in [0.2, 0.25) is 0 Å². The minimum atomic E-state index is -0.438. The van der Waals surface area contributed by atoms with E-state index in [-0.39, 0.29) is 62.3 Å². The van der Waals surface area contributed by atoms with Gasteiger partial charge in [-0.25, -0.2) is 5.06 Å². The predicted octanol–water partition coefficient (Wildman–Crippen LogP) is 10.5. The van der Waals surface area contributed by atoms with Crippen LogP contribution < -0.4 is 18.9 Å². The molecule has 0 spiro atoms. The molecule has 384 valence electrons. The summed E-state index contributed by atoms with van der Waals surface area (Å²) in [6, 6.07) is 11.8. The van der Waals surface area contributed by atoms with Crippen LogP contribution in [0.15, 0.2) is 48.8 Å². The Morgan fingerprint density at radius 1 is 0.667 bits per heavy atom. The molecule has 9 heteroatoms. The van der Waals surface area contributed by atoms with Gasteiger partial charge in [-0.1, -0.05) is 54.2 Å². The molecule has 8 fully saturated rings. The first-order valence-electron chi connectivity index (χ1n) is 26.8. The van der Waals surface area contributed by atoms with Gasteiger partial charge in [0.2, 0.25) is 5.91 Å². The maximum Gasteiger partial charge on any atom is 1.00 e. The Kier molecular flexibility index (Phi) is 21.8. The summed E-state index contributed by atoms with van der Waals surface area (Å²) in [7, 11) is 3.34. The Balaban J connectivity index is 0.000000239. The number of aromatic nitrogens is 2. The zero-order valence-electron chi connectivity index (χ0n) is 43.6. The monoisotopic (exact) mass is 948 g/mol. The summed E-state index contributed by atoms with van der Waals surface area (Å²) in [6.45, 7) is 16.6. The van der Waals surface area contributed by atoms with Crippen molar-refractivity contribution in [2.24, 2.45) is 81.8 Å². The molecular formula is C60H98LiN3O5. The Bertz CT molecular complexity index is 1880. The van der Waals surface area contributed by atoms with Crippen LogP contribution in [0.25, 0.3) is 0 Å². The van der Waals surface area contributed by atoms with Gasteiger partial charge in [-0.3, -0.25) is 24.4 Å². The zero-order valence-corrected chi connectivity index (χ0v) is 43.6. The predicted molar refractivity (Wildman–Crippen MR) is 278 cm³/mol. The number of unbranched alkanes of at least 4 members (excludes halogenated alkanes) is 1. The number of aryl methyl sites for hydroxylation is 1. The number of Topliss-reactive ketones (excluding diaryl/α,β-unsaturated/α-hetero) is 1. The molecular weight excluding hydrogens is 850 g/mol. The summed E-state index contributed by atoms with van der Waals surface area (Å²) in [6.07, 6.45) is 27.5. The molecule has 0 saturated heterocycles. The topological polar surface area (TPSA) is 113 Å². The van der Waals surface area contributed by atoms with Crippen molar-refractivity contribution in [1.82, 2.24) is 15.0 Å². The molecule has 2 N–H and O–H groups in total. The smallest absolute Gasteiger partial charge is 0.390 e. The summed E-state index contributed by atoms with van der Waals surface area (Å²) in [4.78, 5) is 39.7. The van der Waals surface area contributed by atoms with Gasteiger partial charge in [0.15, 0.2) is 0 Å². The van der Waals surface area contributed by atoms with Crippen molar-refractivity contribution < 1.29 is 43.5 Å². The molecule has 1 amide bonds. The molecule has 2 aromatic heterocycles. The van der Waals surface area contributed by atoms with Gasteiger partial charge in [0.1, 0.15) is 5.78 Å². The first kappa shape index (κ1) is 59.5. The summed E-state index contributed by atoms with van der Waals surface area (Å²) >= 11 is 0. The Morgan fingerprint density at radius 2 is 1.13 bits per heavy atom. The number of amides is 1.